The molecular weight excluding hydrogens is 198 g/mol. The first-order valence-corrected chi connectivity index (χ1v) is 4.05. The summed E-state index contributed by atoms with van der Waals surface area (Å²) in [6, 6.07) is 6.77. The van der Waals surface area contributed by atoms with E-state index in [1.54, 1.807) is 29.4 Å². The predicted octanol–water partition coefficient (Wildman–Crippen LogP) is -0.637. The van der Waals surface area contributed by atoms with Crippen LogP contribution in [0.15, 0.2) is 24.3 Å². The van der Waals surface area contributed by atoms with E-state index in [9.17, 15) is 4.91 Å². The highest BCUT2D eigenvalue weighted by Crippen LogP contribution is 2.17. The van der Waals surface area contributed by atoms with Crippen LogP contribution in [-0.4, -0.2) is 23.8 Å². The van der Waals surface area contributed by atoms with Crippen LogP contribution in [0.25, 0.3) is 0 Å². The average Bonchev–Trinajstić information content (AvgIpc) is 2.25. The van der Waals surface area contributed by atoms with Crippen LogP contribution in [0.4, 0.5) is 5.69 Å². The van der Waals surface area contributed by atoms with Crippen molar-refractivity contribution in [2.75, 3.05) is 13.2 Å². The monoisotopic (exact) mass is 209 g/mol. The van der Waals surface area contributed by atoms with E-state index in [-0.39, 0.29) is 18.7 Å². The fraction of sp³-hybridized carbons (Fsp3) is 0.200. The maximum atomic E-state index is 10.4. The summed E-state index contributed by atoms with van der Waals surface area (Å²) in [4.78, 5) is 10.4. The third-order valence-electron chi connectivity index (χ3n) is 1.50. The lowest BCUT2D eigenvalue weighted by Gasteiger charge is -1.98. The van der Waals surface area contributed by atoms with E-state index in [1.165, 1.54) is 0 Å². The van der Waals surface area contributed by atoms with Gasteiger partial charge in [-0.25, -0.2) is 0 Å². The van der Waals surface area contributed by atoms with Gasteiger partial charge in [0, 0.05) is 16.2 Å². The molecule has 0 aliphatic carbocycles. The molecule has 0 unspecified atom stereocenters. The summed E-state index contributed by atoms with van der Waals surface area (Å²) in [5, 5.41) is 10.1. The third kappa shape index (κ3) is 4.22. The molecule has 0 aliphatic heterocycles. The van der Waals surface area contributed by atoms with Crippen molar-refractivity contribution in [2.24, 2.45) is 0 Å². The normalized spacial score (nSPS) is 8.07. The van der Waals surface area contributed by atoms with Gasteiger partial charge in [0.2, 0.25) is 0 Å². The highest BCUT2D eigenvalue weighted by atomic mass is 16.5. The Morgan fingerprint density at radius 3 is 2.73 bits per heavy atom. The number of para-hydroxylation sites is 2. The number of ether oxygens (including phenoxy) is 1. The van der Waals surface area contributed by atoms with E-state index < -0.39 is 0 Å². The highest BCUT2D eigenvalue weighted by Gasteiger charge is 2.06. The summed E-state index contributed by atoms with van der Waals surface area (Å²) in [6.07, 6.45) is 0. The van der Waals surface area contributed by atoms with Crippen molar-refractivity contribution in [3.8, 4) is 17.6 Å². The Hall–Kier alpha value is -1.90. The van der Waals surface area contributed by atoms with Gasteiger partial charge in [0.15, 0.2) is 5.75 Å². The molecule has 15 heavy (non-hydrogen) atoms. The minimum atomic E-state index is -0.190. The largest absolute Gasteiger partial charge is 0.870 e. The lowest BCUT2D eigenvalue weighted by atomic mass is 10.3. The molecule has 0 bridgehead atoms. The summed E-state index contributed by atoms with van der Waals surface area (Å²) >= 11 is 0. The van der Waals surface area contributed by atoms with Crippen LogP contribution in [0.2, 0.25) is 0 Å². The smallest absolute Gasteiger partial charge is 0.294 e. The molecule has 80 valence electrons. The molecule has 0 atom stereocenters. The number of nitrogens with one attached hydrogen (secondary N) is 1. The van der Waals surface area contributed by atoms with E-state index in [2.05, 4.69) is 11.8 Å². The molecule has 3 N–H and O–H groups in total. The fourth-order valence-corrected chi connectivity index (χ4v) is 0.898. The molecule has 0 fully saturated rings. The molecule has 5 nitrogen and oxygen atoms in total. The quantitative estimate of drug-likeness (QED) is 0.648. The topological polar surface area (TPSA) is 90.5 Å². The van der Waals surface area contributed by atoms with Crippen LogP contribution in [0, 0.1) is 16.7 Å². The van der Waals surface area contributed by atoms with Crippen molar-refractivity contribution >= 4 is 5.69 Å². The molecule has 0 radical (unpaired) electrons. The summed E-state index contributed by atoms with van der Waals surface area (Å²) in [5.74, 6) is 5.47. The van der Waals surface area contributed by atoms with Crippen molar-refractivity contribution in [3.05, 3.63) is 29.2 Å². The zero-order chi connectivity index (χ0) is 10.2. The van der Waals surface area contributed by atoms with E-state index in [0.717, 1.165) is 0 Å². The maximum Gasteiger partial charge on any atom is 0.294 e. The summed E-state index contributed by atoms with van der Waals surface area (Å²) < 4.78 is 5.18. The van der Waals surface area contributed by atoms with Crippen LogP contribution < -0.4 is 9.91 Å². The molecule has 0 saturated carbocycles. The molecular formula is C10H11NO4. The van der Waals surface area contributed by atoms with Crippen LogP contribution in [0.3, 0.4) is 0 Å². The first kappa shape index (κ1) is 13.1. The van der Waals surface area contributed by atoms with Gasteiger partial charge in [-0.1, -0.05) is 24.0 Å². The Bertz CT molecular complexity index is 367. The van der Waals surface area contributed by atoms with Crippen molar-refractivity contribution in [1.82, 2.24) is 0 Å². The van der Waals surface area contributed by atoms with Crippen molar-refractivity contribution in [2.45, 2.75) is 0 Å². The molecule has 0 aliphatic rings. The zero-order valence-electron chi connectivity index (χ0n) is 7.93. The Morgan fingerprint density at radius 2 is 2.07 bits per heavy atom. The molecule has 5 heteroatoms. The van der Waals surface area contributed by atoms with Crippen molar-refractivity contribution in [3.63, 3.8) is 0 Å². The number of hydrogen-bond acceptors (Lipinski definition) is 4. The van der Waals surface area contributed by atoms with Gasteiger partial charge >= 0.3 is 0 Å². The Balaban J connectivity index is 0.00000196. The maximum absolute atomic E-state index is 10.4. The van der Waals surface area contributed by atoms with Gasteiger partial charge in [0.25, 0.3) is 5.69 Å². The van der Waals surface area contributed by atoms with Gasteiger partial charge in [-0.05, 0) is 6.07 Å². The Morgan fingerprint density at radius 1 is 1.33 bits per heavy atom. The van der Waals surface area contributed by atoms with Gasteiger partial charge in [-0.15, -0.1) is 0 Å². The van der Waals surface area contributed by atoms with Gasteiger partial charge in [-0.2, -0.15) is 0 Å². The van der Waals surface area contributed by atoms with Crippen LogP contribution in [-0.2, 0) is 0 Å². The SMILES string of the molecule is O=[NH+]c1ccccc1OCC#CCO.[OH-]. The van der Waals surface area contributed by atoms with E-state index in [0.29, 0.717) is 11.4 Å². The highest BCUT2D eigenvalue weighted by molar-refractivity contribution is 5.44. The lowest BCUT2D eigenvalue weighted by molar-refractivity contribution is -0.380. The molecule has 1 rings (SSSR count). The first-order valence-electron chi connectivity index (χ1n) is 4.05. The number of hydrogen-bond donors (Lipinski definition) is 2. The van der Waals surface area contributed by atoms with E-state index in [1.807, 2.05) is 0 Å². The number of aliphatic hydroxyl groups is 1. The van der Waals surface area contributed by atoms with Crippen molar-refractivity contribution in [1.29, 1.82) is 0 Å². The minimum Gasteiger partial charge on any atom is -0.870 e. The van der Waals surface area contributed by atoms with Crippen molar-refractivity contribution < 1.29 is 20.5 Å². The standard InChI is InChI=1S/C10H9NO3.H2O/c12-7-3-4-8-14-10-6-2-1-5-9(10)11-13;/h1-2,5-6,12H,7-8H2;1H2. The van der Waals surface area contributed by atoms with Gasteiger partial charge in [0.1, 0.15) is 13.2 Å². The number of benzene rings is 1. The Kier molecular flexibility index (Phi) is 6.55. The third-order valence-corrected chi connectivity index (χ3v) is 1.50. The van der Waals surface area contributed by atoms with Crippen LogP contribution in [0.5, 0.6) is 5.75 Å². The number of aliphatic hydroxyl groups excluding tert-OH is 1. The molecule has 1 aromatic rings. The summed E-state index contributed by atoms with van der Waals surface area (Å²) in [6.45, 7) is -0.0376. The first-order chi connectivity index (χ1) is 6.88. The van der Waals surface area contributed by atoms with Crippen LogP contribution >= 0.6 is 0 Å². The minimum absolute atomic E-state index is 0. The van der Waals surface area contributed by atoms with Crippen LogP contribution in [0.1, 0.15) is 0 Å². The molecule has 0 saturated heterocycles. The van der Waals surface area contributed by atoms with Gasteiger partial charge < -0.3 is 15.3 Å². The summed E-state index contributed by atoms with van der Waals surface area (Å²) in [5.41, 5.74) is 0.373. The second-order valence-corrected chi connectivity index (χ2v) is 2.40. The van der Waals surface area contributed by atoms with Gasteiger partial charge in [0.05, 0.1) is 0 Å². The second kappa shape index (κ2) is 7.50. The molecule has 0 heterocycles. The molecule has 0 amide bonds. The fourth-order valence-electron chi connectivity index (χ4n) is 0.898. The lowest BCUT2D eigenvalue weighted by Crippen LogP contribution is -2.55. The molecule has 1 aromatic carbocycles. The number of rotatable bonds is 3. The molecule has 0 aromatic heterocycles. The summed E-state index contributed by atoms with van der Waals surface area (Å²) in [7, 11) is 0. The molecule has 0 spiro atoms. The van der Waals surface area contributed by atoms with E-state index in [4.69, 9.17) is 9.84 Å². The average molecular weight is 209 g/mol. The van der Waals surface area contributed by atoms with Gasteiger partial charge in [-0.3, -0.25) is 0 Å². The number of nitroso groups, excluding NO2 is 1. The predicted molar refractivity (Wildman–Crippen MR) is 52.7 cm³/mol. The Labute approximate surface area is 87.0 Å². The van der Waals surface area contributed by atoms with E-state index >= 15 is 0 Å². The zero-order valence-corrected chi connectivity index (χ0v) is 7.93. The second-order valence-electron chi connectivity index (χ2n) is 2.40.